The predicted molar refractivity (Wildman–Crippen MR) is 141 cm³/mol. The molecule has 1 aliphatic rings. The van der Waals surface area contributed by atoms with E-state index in [1.807, 2.05) is 0 Å². The third-order valence-corrected chi connectivity index (χ3v) is 6.89. The maximum atomic E-state index is 15.5. The highest BCUT2D eigenvalue weighted by atomic mass is 35.5. The predicted octanol–water partition coefficient (Wildman–Crippen LogP) is 5.91. The summed E-state index contributed by atoms with van der Waals surface area (Å²) in [6.07, 6.45) is 1.97. The summed E-state index contributed by atoms with van der Waals surface area (Å²) in [4.78, 5) is 31.0. The summed E-state index contributed by atoms with van der Waals surface area (Å²) >= 11 is 6.56. The van der Waals surface area contributed by atoms with Gasteiger partial charge in [-0.15, -0.1) is 0 Å². The van der Waals surface area contributed by atoms with Crippen molar-refractivity contribution in [2.45, 2.75) is 12.8 Å². The summed E-state index contributed by atoms with van der Waals surface area (Å²) in [6, 6.07) is 12.0. The van der Waals surface area contributed by atoms with Crippen molar-refractivity contribution in [3.63, 3.8) is 0 Å². The number of rotatable bonds is 8. The molecule has 2 N–H and O–H groups in total. The molecule has 0 aliphatic heterocycles. The Bertz CT molecular complexity index is 1610. The van der Waals surface area contributed by atoms with Crippen molar-refractivity contribution in [1.82, 2.24) is 4.98 Å². The number of pyridine rings is 1. The van der Waals surface area contributed by atoms with Crippen LogP contribution in [0.2, 0.25) is 5.02 Å². The van der Waals surface area contributed by atoms with E-state index in [0.29, 0.717) is 22.4 Å². The third kappa shape index (κ3) is 4.67. The molecule has 0 radical (unpaired) electrons. The number of carbonyl (C=O) groups is 2. The maximum Gasteiger partial charge on any atom is 0.247 e. The van der Waals surface area contributed by atoms with Gasteiger partial charge in [0.05, 0.1) is 30.4 Å². The van der Waals surface area contributed by atoms with E-state index in [9.17, 15) is 14.0 Å². The number of nitrogens with zero attached hydrogens (tertiary/aromatic N) is 2. The number of amides is 2. The number of anilines is 2. The molecule has 8 nitrogen and oxygen atoms in total. The number of methoxy groups -OCH3 is 2. The van der Waals surface area contributed by atoms with E-state index in [1.54, 1.807) is 18.2 Å². The number of fused-ring (bicyclic) bond motifs is 1. The molecule has 5 rings (SSSR count). The molecule has 2 amide bonds. The normalized spacial score (nSPS) is 13.6. The Hall–Kier alpha value is -4.44. The van der Waals surface area contributed by atoms with Gasteiger partial charge in [-0.3, -0.25) is 19.5 Å². The van der Waals surface area contributed by atoms with Crippen LogP contribution in [0.3, 0.4) is 0 Å². The summed E-state index contributed by atoms with van der Waals surface area (Å²) in [5.74, 6) is -1.94. The number of benzene rings is 3. The summed E-state index contributed by atoms with van der Waals surface area (Å²) in [5.41, 5.74) is 4.72. The molecular weight excluding hydrogens is 532 g/mol. The number of ether oxygens (including phenoxy) is 3. The standard InChI is InChI=1S/C28H22ClF2N3O5/c1-37-24-11-17-20(14-25(24)38-2)33-10-7-22(17)39-23-12-18(29)21(13-19(23)31)34(16-5-3-15(30)4-6-16)27(36)28(8-9-28)26(32)35/h3-7,10-14H,8-9H2,1-2H3,(H2,32,35). The molecule has 0 atom stereocenters. The van der Waals surface area contributed by atoms with Gasteiger partial charge in [-0.1, -0.05) is 11.6 Å². The Kier molecular flexibility index (Phi) is 6.73. The highest BCUT2D eigenvalue weighted by molar-refractivity contribution is 6.34. The fourth-order valence-corrected chi connectivity index (χ4v) is 4.52. The van der Waals surface area contributed by atoms with Crippen molar-refractivity contribution in [3.8, 4) is 23.0 Å². The number of halogens is 3. The lowest BCUT2D eigenvalue weighted by Gasteiger charge is -2.27. The molecule has 4 aromatic rings. The lowest BCUT2D eigenvalue weighted by Crippen LogP contribution is -2.41. The number of nitrogens with two attached hydrogens (primary N) is 1. The quantitative estimate of drug-likeness (QED) is 0.272. The van der Waals surface area contributed by atoms with Crippen molar-refractivity contribution in [2.75, 3.05) is 19.1 Å². The van der Waals surface area contributed by atoms with Crippen LogP contribution in [0.1, 0.15) is 12.8 Å². The molecule has 1 heterocycles. The molecule has 0 spiro atoms. The topological polar surface area (TPSA) is 104 Å². The molecule has 1 saturated carbocycles. The van der Waals surface area contributed by atoms with Gasteiger partial charge in [0, 0.05) is 35.5 Å². The fourth-order valence-electron chi connectivity index (χ4n) is 4.28. The summed E-state index contributed by atoms with van der Waals surface area (Å²) in [6.45, 7) is 0. The highest BCUT2D eigenvalue weighted by Crippen LogP contribution is 2.50. The number of aromatic nitrogens is 1. The van der Waals surface area contributed by atoms with Crippen LogP contribution in [-0.4, -0.2) is 31.0 Å². The molecule has 0 bridgehead atoms. The van der Waals surface area contributed by atoms with Gasteiger partial charge >= 0.3 is 0 Å². The SMILES string of the molecule is COc1cc2nccc(Oc3cc(Cl)c(N(C(=O)C4(C(N)=O)CC4)c4ccc(F)cc4)cc3F)c2cc1OC. The zero-order chi connectivity index (χ0) is 27.9. The number of hydrogen-bond acceptors (Lipinski definition) is 6. The van der Waals surface area contributed by atoms with Crippen molar-refractivity contribution in [3.05, 3.63) is 77.5 Å². The number of carbonyl (C=O) groups excluding carboxylic acids is 2. The minimum absolute atomic E-state index is 0.0537. The second-order valence-corrected chi connectivity index (χ2v) is 9.34. The monoisotopic (exact) mass is 553 g/mol. The first-order valence-electron chi connectivity index (χ1n) is 11.8. The van der Waals surface area contributed by atoms with Crippen LogP contribution in [0, 0.1) is 17.0 Å². The lowest BCUT2D eigenvalue weighted by atomic mass is 10.0. The second kappa shape index (κ2) is 10.0. The van der Waals surface area contributed by atoms with Crippen LogP contribution >= 0.6 is 11.6 Å². The molecular formula is C28H22ClF2N3O5. The summed E-state index contributed by atoms with van der Waals surface area (Å²) < 4.78 is 45.7. The van der Waals surface area contributed by atoms with Gasteiger partial charge in [0.2, 0.25) is 11.8 Å². The molecule has 200 valence electrons. The van der Waals surface area contributed by atoms with E-state index < -0.39 is 28.9 Å². The molecule has 1 aromatic heterocycles. The minimum Gasteiger partial charge on any atom is -0.493 e. The van der Waals surface area contributed by atoms with Crippen LogP contribution in [0.25, 0.3) is 10.9 Å². The van der Waals surface area contributed by atoms with Crippen molar-refractivity contribution < 1.29 is 32.6 Å². The third-order valence-electron chi connectivity index (χ3n) is 6.59. The van der Waals surface area contributed by atoms with Crippen LogP contribution < -0.4 is 24.8 Å². The first-order chi connectivity index (χ1) is 18.7. The van der Waals surface area contributed by atoms with Crippen LogP contribution in [-0.2, 0) is 9.59 Å². The average molecular weight is 554 g/mol. The second-order valence-electron chi connectivity index (χ2n) is 8.93. The van der Waals surface area contributed by atoms with E-state index in [-0.39, 0.29) is 40.7 Å². The smallest absolute Gasteiger partial charge is 0.247 e. The van der Waals surface area contributed by atoms with E-state index in [2.05, 4.69) is 4.98 Å². The van der Waals surface area contributed by atoms with Gasteiger partial charge in [0.25, 0.3) is 0 Å². The van der Waals surface area contributed by atoms with Crippen LogP contribution in [0.15, 0.2) is 60.8 Å². The Morgan fingerprint density at radius 1 is 0.949 bits per heavy atom. The largest absolute Gasteiger partial charge is 0.493 e. The molecule has 0 unspecified atom stereocenters. The van der Waals surface area contributed by atoms with Gasteiger partial charge in [-0.2, -0.15) is 0 Å². The highest BCUT2D eigenvalue weighted by Gasteiger charge is 2.57. The van der Waals surface area contributed by atoms with Crippen LogP contribution in [0.4, 0.5) is 20.2 Å². The zero-order valence-electron chi connectivity index (χ0n) is 20.8. The molecule has 0 saturated heterocycles. The van der Waals surface area contributed by atoms with Crippen LogP contribution in [0.5, 0.6) is 23.0 Å². The van der Waals surface area contributed by atoms with Gasteiger partial charge in [-0.25, -0.2) is 8.78 Å². The van der Waals surface area contributed by atoms with Gasteiger partial charge in [-0.05, 0) is 49.2 Å². The first kappa shape index (κ1) is 26.2. The van der Waals surface area contributed by atoms with Gasteiger partial charge in [0.1, 0.15) is 17.0 Å². The Labute approximate surface area is 226 Å². The zero-order valence-corrected chi connectivity index (χ0v) is 21.6. The molecule has 39 heavy (non-hydrogen) atoms. The average Bonchev–Trinajstić information content (AvgIpc) is 3.74. The minimum atomic E-state index is -1.45. The fraction of sp³-hybridized carbons (Fsp3) is 0.179. The van der Waals surface area contributed by atoms with E-state index in [4.69, 9.17) is 31.5 Å². The van der Waals surface area contributed by atoms with Gasteiger partial charge in [0.15, 0.2) is 23.1 Å². The van der Waals surface area contributed by atoms with E-state index in [1.165, 1.54) is 38.6 Å². The summed E-state index contributed by atoms with van der Waals surface area (Å²) in [7, 11) is 2.98. The number of primary amides is 1. The lowest BCUT2D eigenvalue weighted by molar-refractivity contribution is -0.133. The Balaban J connectivity index is 1.57. The molecule has 1 aliphatic carbocycles. The molecule has 11 heteroatoms. The first-order valence-corrected chi connectivity index (χ1v) is 12.1. The van der Waals surface area contributed by atoms with E-state index in [0.717, 1.165) is 23.1 Å². The van der Waals surface area contributed by atoms with E-state index >= 15 is 4.39 Å². The molecule has 1 fully saturated rings. The Morgan fingerprint density at radius 2 is 1.62 bits per heavy atom. The summed E-state index contributed by atoms with van der Waals surface area (Å²) in [5, 5.41) is 0.469. The van der Waals surface area contributed by atoms with Gasteiger partial charge < -0.3 is 19.9 Å². The maximum absolute atomic E-state index is 15.5. The Morgan fingerprint density at radius 3 is 2.23 bits per heavy atom. The number of hydrogen-bond donors (Lipinski definition) is 1. The van der Waals surface area contributed by atoms with Crippen molar-refractivity contribution in [2.24, 2.45) is 11.1 Å². The van der Waals surface area contributed by atoms with Crippen molar-refractivity contribution in [1.29, 1.82) is 0 Å². The molecule has 3 aromatic carbocycles. The van der Waals surface area contributed by atoms with Crippen molar-refractivity contribution >= 4 is 45.7 Å².